The second-order valence-electron chi connectivity index (χ2n) is 5.91. The van der Waals surface area contributed by atoms with E-state index < -0.39 is 0 Å². The smallest absolute Gasteiger partial charge is 0.0349 e. The Morgan fingerprint density at radius 3 is 2.80 bits per heavy atom. The molecule has 1 aromatic rings. The van der Waals surface area contributed by atoms with Crippen molar-refractivity contribution in [2.75, 3.05) is 13.1 Å². The minimum Gasteiger partial charge on any atom is -0.329 e. The third-order valence-electron chi connectivity index (χ3n) is 4.74. The molecule has 1 fully saturated rings. The van der Waals surface area contributed by atoms with Crippen molar-refractivity contribution in [3.8, 4) is 0 Å². The number of piperidine rings is 1. The zero-order chi connectivity index (χ0) is 14.5. The number of benzene rings is 1. The van der Waals surface area contributed by atoms with Gasteiger partial charge in [-0.15, -0.1) is 0 Å². The zero-order valence-corrected chi connectivity index (χ0v) is 14.3. The fourth-order valence-electron chi connectivity index (χ4n) is 3.54. The predicted octanol–water partition coefficient (Wildman–Crippen LogP) is 4.35. The maximum atomic E-state index is 6.06. The van der Waals surface area contributed by atoms with Crippen molar-refractivity contribution in [1.29, 1.82) is 0 Å². The van der Waals surface area contributed by atoms with E-state index in [4.69, 9.17) is 5.73 Å². The van der Waals surface area contributed by atoms with Crippen LogP contribution >= 0.6 is 15.9 Å². The second-order valence-corrected chi connectivity index (χ2v) is 6.82. The number of rotatable bonds is 5. The van der Waals surface area contributed by atoms with E-state index in [-0.39, 0.29) is 0 Å². The molecular weight excluding hydrogens is 312 g/mol. The van der Waals surface area contributed by atoms with Crippen molar-refractivity contribution in [3.63, 3.8) is 0 Å². The normalized spacial score (nSPS) is 25.6. The van der Waals surface area contributed by atoms with Gasteiger partial charge in [-0.1, -0.05) is 48.3 Å². The SMILES string of the molecule is CCC1CCN(C(CC)c2cccc(Br)c2)C(CN)C1. The van der Waals surface area contributed by atoms with Gasteiger partial charge in [-0.2, -0.15) is 0 Å². The Morgan fingerprint density at radius 1 is 1.40 bits per heavy atom. The van der Waals surface area contributed by atoms with Gasteiger partial charge >= 0.3 is 0 Å². The zero-order valence-electron chi connectivity index (χ0n) is 12.7. The lowest BCUT2D eigenvalue weighted by atomic mass is 9.86. The van der Waals surface area contributed by atoms with Crippen LogP contribution in [0.3, 0.4) is 0 Å². The van der Waals surface area contributed by atoms with E-state index in [0.29, 0.717) is 12.1 Å². The van der Waals surface area contributed by atoms with Gasteiger partial charge in [0.15, 0.2) is 0 Å². The van der Waals surface area contributed by atoms with E-state index in [1.165, 1.54) is 35.8 Å². The van der Waals surface area contributed by atoms with E-state index >= 15 is 0 Å². The summed E-state index contributed by atoms with van der Waals surface area (Å²) in [6.07, 6.45) is 5.01. The van der Waals surface area contributed by atoms with Crippen molar-refractivity contribution in [2.45, 2.75) is 51.6 Å². The molecule has 3 unspecified atom stereocenters. The molecule has 0 bridgehead atoms. The predicted molar refractivity (Wildman–Crippen MR) is 89.7 cm³/mol. The first kappa shape index (κ1) is 16.0. The molecule has 0 amide bonds. The quantitative estimate of drug-likeness (QED) is 0.864. The molecule has 0 aliphatic carbocycles. The van der Waals surface area contributed by atoms with Gasteiger partial charge in [0.05, 0.1) is 0 Å². The first-order valence-electron chi connectivity index (χ1n) is 7.90. The van der Waals surface area contributed by atoms with E-state index in [1.807, 2.05) is 0 Å². The summed E-state index contributed by atoms with van der Waals surface area (Å²) in [6.45, 7) is 6.55. The monoisotopic (exact) mass is 338 g/mol. The fraction of sp³-hybridized carbons (Fsp3) is 0.647. The van der Waals surface area contributed by atoms with Crippen LogP contribution < -0.4 is 5.73 Å². The molecule has 3 atom stereocenters. The molecular formula is C17H27BrN2. The van der Waals surface area contributed by atoms with Gasteiger partial charge in [0.2, 0.25) is 0 Å². The highest BCUT2D eigenvalue weighted by Crippen LogP contribution is 2.34. The van der Waals surface area contributed by atoms with E-state index in [9.17, 15) is 0 Å². The van der Waals surface area contributed by atoms with E-state index in [1.54, 1.807) is 0 Å². The summed E-state index contributed by atoms with van der Waals surface area (Å²) in [5.74, 6) is 0.861. The van der Waals surface area contributed by atoms with Crippen LogP contribution in [0.2, 0.25) is 0 Å². The molecule has 1 heterocycles. The van der Waals surface area contributed by atoms with Crippen LogP contribution in [-0.4, -0.2) is 24.0 Å². The van der Waals surface area contributed by atoms with Crippen LogP contribution in [0.25, 0.3) is 0 Å². The number of likely N-dealkylation sites (tertiary alicyclic amines) is 1. The molecule has 2 nitrogen and oxygen atoms in total. The standard InChI is InChI=1S/C17H27BrN2/c1-3-13-8-9-20(16(10-13)12-19)17(4-2)14-6-5-7-15(18)11-14/h5-7,11,13,16-17H,3-4,8-10,12,19H2,1-2H3. The molecule has 3 heteroatoms. The lowest BCUT2D eigenvalue weighted by Gasteiger charge is -2.43. The first-order chi connectivity index (χ1) is 9.69. The summed E-state index contributed by atoms with van der Waals surface area (Å²) >= 11 is 3.59. The van der Waals surface area contributed by atoms with Gasteiger partial charge in [-0.25, -0.2) is 0 Å². The number of nitrogens with zero attached hydrogens (tertiary/aromatic N) is 1. The topological polar surface area (TPSA) is 29.3 Å². The molecule has 0 spiro atoms. The molecule has 2 rings (SSSR count). The van der Waals surface area contributed by atoms with Gasteiger partial charge in [0.25, 0.3) is 0 Å². The lowest BCUT2D eigenvalue weighted by Crippen LogP contribution is -2.48. The maximum absolute atomic E-state index is 6.06. The highest BCUT2D eigenvalue weighted by atomic mass is 79.9. The summed E-state index contributed by atoms with van der Waals surface area (Å²) in [4.78, 5) is 2.65. The summed E-state index contributed by atoms with van der Waals surface area (Å²) in [5.41, 5.74) is 7.47. The van der Waals surface area contributed by atoms with Gasteiger partial charge in [-0.05, 0) is 49.4 Å². The van der Waals surface area contributed by atoms with E-state index in [0.717, 1.165) is 18.9 Å². The number of hydrogen-bond acceptors (Lipinski definition) is 2. The Kier molecular flexibility index (Phi) is 6.06. The molecule has 0 aromatic heterocycles. The van der Waals surface area contributed by atoms with Gasteiger partial charge in [-0.3, -0.25) is 4.90 Å². The average Bonchev–Trinajstić information content (AvgIpc) is 2.48. The molecule has 1 aliphatic rings. The summed E-state index contributed by atoms with van der Waals surface area (Å²) in [5, 5.41) is 0. The van der Waals surface area contributed by atoms with Crippen molar-refractivity contribution in [3.05, 3.63) is 34.3 Å². The number of halogens is 1. The highest BCUT2D eigenvalue weighted by molar-refractivity contribution is 9.10. The molecule has 112 valence electrons. The van der Waals surface area contributed by atoms with Crippen molar-refractivity contribution < 1.29 is 0 Å². The van der Waals surface area contributed by atoms with Crippen molar-refractivity contribution >= 4 is 15.9 Å². The number of nitrogens with two attached hydrogens (primary N) is 1. The third-order valence-corrected chi connectivity index (χ3v) is 5.23. The lowest BCUT2D eigenvalue weighted by molar-refractivity contribution is 0.0677. The maximum Gasteiger partial charge on any atom is 0.0349 e. The Labute approximate surface area is 131 Å². The van der Waals surface area contributed by atoms with Gasteiger partial charge in [0, 0.05) is 23.1 Å². The highest BCUT2D eigenvalue weighted by Gasteiger charge is 2.31. The molecule has 0 saturated carbocycles. The van der Waals surface area contributed by atoms with Gasteiger partial charge < -0.3 is 5.73 Å². The summed E-state index contributed by atoms with van der Waals surface area (Å²) in [6, 6.07) is 9.78. The van der Waals surface area contributed by atoms with Crippen LogP contribution in [0, 0.1) is 5.92 Å². The average molecular weight is 339 g/mol. The molecule has 20 heavy (non-hydrogen) atoms. The van der Waals surface area contributed by atoms with Gasteiger partial charge in [0.1, 0.15) is 0 Å². The molecule has 1 aromatic carbocycles. The Hall–Kier alpha value is -0.380. The van der Waals surface area contributed by atoms with Crippen molar-refractivity contribution in [1.82, 2.24) is 4.90 Å². The molecule has 0 radical (unpaired) electrons. The summed E-state index contributed by atoms with van der Waals surface area (Å²) in [7, 11) is 0. The molecule has 2 N–H and O–H groups in total. The second kappa shape index (κ2) is 7.58. The van der Waals surface area contributed by atoms with E-state index in [2.05, 4.69) is 58.9 Å². The Morgan fingerprint density at radius 2 is 2.20 bits per heavy atom. The number of hydrogen-bond donors (Lipinski definition) is 1. The fourth-order valence-corrected chi connectivity index (χ4v) is 3.96. The van der Waals surface area contributed by atoms with Crippen LogP contribution in [-0.2, 0) is 0 Å². The van der Waals surface area contributed by atoms with Crippen LogP contribution in [0.5, 0.6) is 0 Å². The summed E-state index contributed by atoms with van der Waals surface area (Å²) < 4.78 is 1.17. The molecule has 1 aliphatic heterocycles. The first-order valence-corrected chi connectivity index (χ1v) is 8.70. The largest absolute Gasteiger partial charge is 0.329 e. The third kappa shape index (κ3) is 3.63. The molecule has 1 saturated heterocycles. The minimum absolute atomic E-state index is 0.499. The Balaban J connectivity index is 2.18. The van der Waals surface area contributed by atoms with Crippen LogP contribution in [0.15, 0.2) is 28.7 Å². The minimum atomic E-state index is 0.499. The van der Waals surface area contributed by atoms with Crippen LogP contribution in [0.1, 0.15) is 51.1 Å². The van der Waals surface area contributed by atoms with Crippen molar-refractivity contribution in [2.24, 2.45) is 11.7 Å². The Bertz CT molecular complexity index is 421. The van der Waals surface area contributed by atoms with Crippen LogP contribution in [0.4, 0.5) is 0 Å².